The number of ether oxygens (including phenoxy) is 1. The van der Waals surface area contributed by atoms with Crippen LogP contribution in [-0.4, -0.2) is 64.1 Å². The first-order valence-electron chi connectivity index (χ1n) is 12.9. The average Bonchev–Trinajstić information content (AvgIpc) is 3.54. The maximum absolute atomic E-state index is 14.6. The number of hydrogen-bond acceptors (Lipinski definition) is 8. The van der Waals surface area contributed by atoms with E-state index in [9.17, 15) is 13.0 Å². The van der Waals surface area contributed by atoms with Crippen molar-refractivity contribution >= 4 is 15.4 Å². The third kappa shape index (κ3) is 3.99. The maximum Gasteiger partial charge on any atom is 0.255 e. The highest BCUT2D eigenvalue weighted by atomic mass is 32.2. The first-order valence-corrected chi connectivity index (χ1v) is 15.2. The second-order valence-electron chi connectivity index (χ2n) is 11.2. The van der Waals surface area contributed by atoms with Crippen LogP contribution in [0.5, 0.6) is 5.88 Å². The minimum atomic E-state index is -2.18. The molecule has 0 saturated heterocycles. The van der Waals surface area contributed by atoms with Crippen molar-refractivity contribution < 1.29 is 17.7 Å². The molecule has 0 aliphatic heterocycles. The van der Waals surface area contributed by atoms with Gasteiger partial charge in [0.1, 0.15) is 18.0 Å². The minimum absolute atomic E-state index is 0.0838. The molecule has 1 unspecified atom stereocenters. The van der Waals surface area contributed by atoms with E-state index in [2.05, 4.69) is 45.0 Å². The number of rotatable bonds is 7. The van der Waals surface area contributed by atoms with E-state index >= 15 is 0 Å². The number of fused-ring (bicyclic) bond motifs is 5. The smallest absolute Gasteiger partial charge is 0.255 e. The molecule has 12 heteroatoms. The highest BCUT2D eigenvalue weighted by molar-refractivity contribution is 7.99. The molecule has 3 atom stereocenters. The van der Waals surface area contributed by atoms with Crippen molar-refractivity contribution in [2.45, 2.75) is 44.4 Å². The fourth-order valence-electron chi connectivity index (χ4n) is 6.41. The Morgan fingerprint density at radius 2 is 1.93 bits per heavy atom. The van der Waals surface area contributed by atoms with Gasteiger partial charge in [-0.1, -0.05) is 19.9 Å². The molecule has 9 nitrogen and oxygen atoms in total. The van der Waals surface area contributed by atoms with Crippen LogP contribution in [0.15, 0.2) is 36.7 Å². The SMILES string of the molecule is C=S(C)(=O)CCc1ncn(-c2nc(OC)cc([C@@]34CC[C@@H](c5cc(-c6c(F)cccc6F)nnc53)C4(C)C)n2)n1. The summed E-state index contributed by atoms with van der Waals surface area (Å²) in [5.74, 6) is 3.92. The predicted octanol–water partition coefficient (Wildman–Crippen LogP) is 3.89. The summed E-state index contributed by atoms with van der Waals surface area (Å²) in [6, 6.07) is 7.34. The molecule has 40 heavy (non-hydrogen) atoms. The molecule has 208 valence electrons. The molecule has 2 aliphatic rings. The Morgan fingerprint density at radius 3 is 2.62 bits per heavy atom. The summed E-state index contributed by atoms with van der Waals surface area (Å²) in [7, 11) is -0.641. The lowest BCUT2D eigenvalue weighted by molar-refractivity contribution is 0.241. The Balaban J connectivity index is 1.46. The summed E-state index contributed by atoms with van der Waals surface area (Å²) in [5, 5.41) is 13.4. The Hall–Kier alpha value is -3.80. The van der Waals surface area contributed by atoms with Crippen LogP contribution in [0.3, 0.4) is 0 Å². The Labute approximate surface area is 231 Å². The number of methoxy groups -OCH3 is 1. The average molecular weight is 566 g/mol. The van der Waals surface area contributed by atoms with Crippen molar-refractivity contribution in [3.63, 3.8) is 0 Å². The number of aromatic nitrogens is 7. The van der Waals surface area contributed by atoms with Crippen LogP contribution in [0.2, 0.25) is 0 Å². The summed E-state index contributed by atoms with van der Waals surface area (Å²) in [4.78, 5) is 13.8. The first kappa shape index (κ1) is 26.4. The molecule has 3 aromatic heterocycles. The summed E-state index contributed by atoms with van der Waals surface area (Å²) in [5.41, 5.74) is 1.38. The van der Waals surface area contributed by atoms with Gasteiger partial charge >= 0.3 is 0 Å². The van der Waals surface area contributed by atoms with Crippen molar-refractivity contribution in [3.05, 3.63) is 71.1 Å². The van der Waals surface area contributed by atoms with Gasteiger partial charge in [-0.2, -0.15) is 14.8 Å². The number of nitrogens with zero attached hydrogens (tertiary/aromatic N) is 7. The molecule has 3 heterocycles. The molecule has 0 spiro atoms. The summed E-state index contributed by atoms with van der Waals surface area (Å²) >= 11 is 0. The van der Waals surface area contributed by atoms with Crippen LogP contribution in [0.4, 0.5) is 8.78 Å². The van der Waals surface area contributed by atoms with E-state index in [4.69, 9.17) is 9.72 Å². The van der Waals surface area contributed by atoms with Gasteiger partial charge < -0.3 is 4.74 Å². The summed E-state index contributed by atoms with van der Waals surface area (Å²) in [6.45, 7) is 4.33. The molecule has 6 rings (SSSR count). The van der Waals surface area contributed by atoms with Gasteiger partial charge in [-0.15, -0.1) is 10.2 Å². The zero-order valence-corrected chi connectivity index (χ0v) is 23.5. The lowest BCUT2D eigenvalue weighted by atomic mass is 9.66. The van der Waals surface area contributed by atoms with Gasteiger partial charge in [0, 0.05) is 24.5 Å². The molecule has 1 saturated carbocycles. The van der Waals surface area contributed by atoms with E-state index in [0.29, 0.717) is 29.6 Å². The second kappa shape index (κ2) is 9.12. The van der Waals surface area contributed by atoms with Gasteiger partial charge in [0.25, 0.3) is 5.95 Å². The van der Waals surface area contributed by atoms with Crippen LogP contribution in [0.1, 0.15) is 55.4 Å². The second-order valence-corrected chi connectivity index (χ2v) is 14.0. The minimum Gasteiger partial charge on any atom is -0.481 e. The molecule has 2 aliphatic carbocycles. The van der Waals surface area contributed by atoms with E-state index in [1.54, 1.807) is 12.3 Å². The molecule has 1 fully saturated rings. The molecular formula is C28H29F2N7O2S. The monoisotopic (exact) mass is 565 g/mol. The molecule has 1 aromatic carbocycles. The van der Waals surface area contributed by atoms with Gasteiger partial charge in [-0.05, 0) is 63.3 Å². The zero-order chi connectivity index (χ0) is 28.4. The highest BCUT2D eigenvalue weighted by Crippen LogP contribution is 2.69. The van der Waals surface area contributed by atoms with Crippen LogP contribution in [-0.2, 0) is 21.4 Å². The van der Waals surface area contributed by atoms with Crippen LogP contribution >= 0.6 is 0 Å². The van der Waals surface area contributed by atoms with Gasteiger partial charge in [-0.25, -0.2) is 18.7 Å². The number of halogens is 2. The molecule has 4 aromatic rings. The normalized spacial score (nSPS) is 22.2. The van der Waals surface area contributed by atoms with Gasteiger partial charge in [-0.3, -0.25) is 4.21 Å². The van der Waals surface area contributed by atoms with E-state index in [0.717, 1.165) is 24.1 Å². The van der Waals surface area contributed by atoms with E-state index in [-0.39, 0.29) is 28.5 Å². The molecule has 0 radical (unpaired) electrons. The van der Waals surface area contributed by atoms with E-state index in [1.807, 2.05) is 6.07 Å². The number of hydrogen-bond donors (Lipinski definition) is 0. The van der Waals surface area contributed by atoms with Gasteiger partial charge in [0.2, 0.25) is 5.88 Å². The zero-order valence-electron chi connectivity index (χ0n) is 22.7. The van der Waals surface area contributed by atoms with E-state index in [1.165, 1.54) is 36.3 Å². The van der Waals surface area contributed by atoms with Gasteiger partial charge in [0.15, 0.2) is 5.82 Å². The lowest BCUT2D eigenvalue weighted by Gasteiger charge is -2.37. The Bertz CT molecular complexity index is 1740. The lowest BCUT2D eigenvalue weighted by Crippen LogP contribution is -2.38. The van der Waals surface area contributed by atoms with Crippen LogP contribution in [0, 0.1) is 17.0 Å². The van der Waals surface area contributed by atoms with E-state index < -0.39 is 26.6 Å². The van der Waals surface area contributed by atoms with Crippen molar-refractivity contribution in [2.75, 3.05) is 19.1 Å². The standard InChI is InChI=1S/C28H29F2N7O2S/c1-27(2)17-9-11-28(27,25-16(17)13-20(34-35-25)24-18(29)7-6-8-19(24)30)21-14-23(39-3)33-26(32-21)37-15-31-22(36-37)10-12-40(4,5)38/h6-8,13-15,17H,4,9-12H2,1-3,5H3/t17-,28-,40?/m0/s1. The largest absolute Gasteiger partial charge is 0.481 e. The fourth-order valence-corrected chi connectivity index (χ4v) is 7.03. The number of aryl methyl sites for hydroxylation is 1. The van der Waals surface area contributed by atoms with Crippen molar-refractivity contribution in [2.24, 2.45) is 5.41 Å². The van der Waals surface area contributed by atoms with Crippen LogP contribution in [0.25, 0.3) is 17.2 Å². The Kier molecular flexibility index (Phi) is 6.02. The molecular weight excluding hydrogens is 536 g/mol. The quantitative estimate of drug-likeness (QED) is 0.311. The summed E-state index contributed by atoms with van der Waals surface area (Å²) < 4.78 is 48.2. The van der Waals surface area contributed by atoms with Crippen molar-refractivity contribution in [1.82, 2.24) is 34.9 Å². The third-order valence-corrected chi connectivity index (χ3v) is 9.51. The topological polar surface area (TPSA) is 109 Å². The van der Waals surface area contributed by atoms with Crippen molar-refractivity contribution in [1.29, 1.82) is 0 Å². The fraction of sp³-hybridized carbons (Fsp3) is 0.393. The maximum atomic E-state index is 14.6. The predicted molar refractivity (Wildman–Crippen MR) is 147 cm³/mol. The van der Waals surface area contributed by atoms with Gasteiger partial charge in [0.05, 0.1) is 35.2 Å². The highest BCUT2D eigenvalue weighted by Gasteiger charge is 2.65. The molecule has 2 bridgehead atoms. The molecule has 0 N–H and O–H groups in total. The summed E-state index contributed by atoms with van der Waals surface area (Å²) in [6.07, 6.45) is 5.15. The molecule has 0 amide bonds. The first-order chi connectivity index (χ1) is 18.9. The van der Waals surface area contributed by atoms with Crippen molar-refractivity contribution in [3.8, 4) is 23.1 Å². The third-order valence-electron chi connectivity index (χ3n) is 8.44. The van der Waals surface area contributed by atoms with Crippen LogP contribution < -0.4 is 4.74 Å². The Morgan fingerprint density at radius 1 is 1.18 bits per heavy atom. The number of benzene rings is 1.